The van der Waals surface area contributed by atoms with Crippen LogP contribution in [0.25, 0.3) is 10.3 Å². The number of carboxylic acid groups (broad SMARTS) is 1. The van der Waals surface area contributed by atoms with E-state index in [9.17, 15) is 14.7 Å². The van der Waals surface area contributed by atoms with Gasteiger partial charge in [0.05, 0.1) is 6.04 Å². The summed E-state index contributed by atoms with van der Waals surface area (Å²) in [5, 5.41) is 13.6. The summed E-state index contributed by atoms with van der Waals surface area (Å²) in [6.07, 6.45) is 1.44. The fourth-order valence-electron chi connectivity index (χ4n) is 4.00. The number of fused-ring (bicyclic) bond motifs is 1. The van der Waals surface area contributed by atoms with Crippen LogP contribution in [0.4, 0.5) is 5.13 Å². The zero-order valence-corrected chi connectivity index (χ0v) is 18.9. The zero-order chi connectivity index (χ0) is 23.5. The zero-order valence-electron chi connectivity index (χ0n) is 18.1. The number of benzene rings is 3. The largest absolute Gasteiger partial charge is 0.477 e. The maximum atomic E-state index is 13.0. The van der Waals surface area contributed by atoms with Crippen molar-refractivity contribution in [3.8, 4) is 0 Å². The second-order valence-electron chi connectivity index (χ2n) is 7.82. The number of rotatable bonds is 7. The molecule has 2 heterocycles. The number of pyridine rings is 1. The number of carbonyl (C=O) groups is 1. The van der Waals surface area contributed by atoms with E-state index in [1.54, 1.807) is 0 Å². The number of nitrogens with one attached hydrogen (secondary N) is 1. The third-order valence-electron chi connectivity index (χ3n) is 5.60. The van der Waals surface area contributed by atoms with Gasteiger partial charge in [0.2, 0.25) is 5.43 Å². The van der Waals surface area contributed by atoms with E-state index in [4.69, 9.17) is 0 Å². The van der Waals surface area contributed by atoms with Crippen LogP contribution in [0.3, 0.4) is 0 Å². The van der Waals surface area contributed by atoms with Gasteiger partial charge in [-0.05, 0) is 16.7 Å². The normalized spacial score (nSPS) is 11.1. The van der Waals surface area contributed by atoms with Crippen LogP contribution in [0, 0.1) is 0 Å². The molecule has 0 unspecified atom stereocenters. The first-order valence-corrected chi connectivity index (χ1v) is 11.6. The van der Waals surface area contributed by atoms with Crippen LogP contribution in [0.5, 0.6) is 0 Å². The highest BCUT2D eigenvalue weighted by molar-refractivity contribution is 7.21. The summed E-state index contributed by atoms with van der Waals surface area (Å²) in [5.74, 6) is -1.27. The summed E-state index contributed by atoms with van der Waals surface area (Å²) in [4.78, 5) is 30.1. The van der Waals surface area contributed by atoms with Gasteiger partial charge in [-0.25, -0.2) is 9.78 Å². The Morgan fingerprint density at radius 3 is 2.03 bits per heavy atom. The first-order chi connectivity index (χ1) is 16.6. The topological polar surface area (TPSA) is 84.2 Å². The molecule has 0 bridgehead atoms. The summed E-state index contributed by atoms with van der Waals surface area (Å²) in [6.45, 7) is 0.543. The van der Waals surface area contributed by atoms with Crippen molar-refractivity contribution < 1.29 is 9.90 Å². The predicted molar refractivity (Wildman–Crippen MR) is 135 cm³/mol. The standard InChI is InChI=1S/C27H21N3O3S/c31-24-21(26(32)33)17-30(23(19-12-6-2-7-13-19)20-14-8-3-9-15-20)25-22(24)29-27(34-25)28-16-18-10-4-1-5-11-18/h1-15,17,23H,16H2,(H,28,29)(H,32,33). The first kappa shape index (κ1) is 21.6. The van der Waals surface area contributed by atoms with Gasteiger partial charge in [0.25, 0.3) is 0 Å². The van der Waals surface area contributed by atoms with E-state index in [-0.39, 0.29) is 17.1 Å². The van der Waals surface area contributed by atoms with E-state index in [0.29, 0.717) is 16.5 Å². The van der Waals surface area contributed by atoms with Crippen molar-refractivity contribution in [3.63, 3.8) is 0 Å². The molecule has 0 amide bonds. The molecular formula is C27H21N3O3S. The maximum Gasteiger partial charge on any atom is 0.341 e. The molecule has 2 N–H and O–H groups in total. The lowest BCUT2D eigenvalue weighted by Crippen LogP contribution is -2.21. The fourth-order valence-corrected chi connectivity index (χ4v) is 4.96. The van der Waals surface area contributed by atoms with E-state index in [1.807, 2.05) is 95.6 Å². The van der Waals surface area contributed by atoms with Gasteiger partial charge in [-0.3, -0.25) is 4.79 Å². The molecule has 0 aliphatic rings. The van der Waals surface area contributed by atoms with Crippen LogP contribution in [0.1, 0.15) is 33.1 Å². The third kappa shape index (κ3) is 4.21. The van der Waals surface area contributed by atoms with Crippen LogP contribution >= 0.6 is 11.3 Å². The highest BCUT2D eigenvalue weighted by Crippen LogP contribution is 2.33. The molecule has 0 aliphatic heterocycles. The highest BCUT2D eigenvalue weighted by Gasteiger charge is 2.24. The number of nitrogens with zero attached hydrogens (tertiary/aromatic N) is 2. The molecule has 0 radical (unpaired) electrons. The van der Waals surface area contributed by atoms with Gasteiger partial charge in [0, 0.05) is 12.7 Å². The van der Waals surface area contributed by atoms with Crippen molar-refractivity contribution in [1.82, 2.24) is 9.55 Å². The molecule has 0 atom stereocenters. The molecule has 0 aliphatic carbocycles. The second-order valence-corrected chi connectivity index (χ2v) is 8.80. The van der Waals surface area contributed by atoms with Crippen molar-refractivity contribution in [1.29, 1.82) is 0 Å². The van der Waals surface area contributed by atoms with Crippen molar-refractivity contribution in [2.45, 2.75) is 12.6 Å². The lowest BCUT2D eigenvalue weighted by atomic mass is 9.98. The van der Waals surface area contributed by atoms with Gasteiger partial charge >= 0.3 is 5.97 Å². The number of aromatic carboxylic acids is 1. The number of anilines is 1. The van der Waals surface area contributed by atoms with Crippen molar-refractivity contribution in [3.05, 3.63) is 130 Å². The van der Waals surface area contributed by atoms with Crippen LogP contribution in [-0.2, 0) is 6.54 Å². The molecule has 5 rings (SSSR count). The smallest absolute Gasteiger partial charge is 0.341 e. The SMILES string of the molecule is O=C(O)c1cn(C(c2ccccc2)c2ccccc2)c2sc(NCc3ccccc3)nc2c1=O. The van der Waals surface area contributed by atoms with Crippen molar-refractivity contribution >= 4 is 32.8 Å². The summed E-state index contributed by atoms with van der Waals surface area (Å²) in [5.41, 5.74) is 2.29. The molecule has 34 heavy (non-hydrogen) atoms. The van der Waals surface area contributed by atoms with Gasteiger partial charge in [-0.15, -0.1) is 0 Å². The van der Waals surface area contributed by atoms with Crippen LogP contribution in [-0.4, -0.2) is 20.6 Å². The molecule has 3 aromatic carbocycles. The average Bonchev–Trinajstić information content (AvgIpc) is 3.31. The Kier molecular flexibility index (Phi) is 5.93. The van der Waals surface area contributed by atoms with E-state index < -0.39 is 11.4 Å². The molecule has 6 nitrogen and oxygen atoms in total. The van der Waals surface area contributed by atoms with Crippen LogP contribution < -0.4 is 10.7 Å². The van der Waals surface area contributed by atoms with Gasteiger partial charge in [0.1, 0.15) is 15.9 Å². The van der Waals surface area contributed by atoms with Gasteiger partial charge in [0.15, 0.2) is 5.13 Å². The summed E-state index contributed by atoms with van der Waals surface area (Å²) >= 11 is 1.34. The third-order valence-corrected chi connectivity index (χ3v) is 6.62. The van der Waals surface area contributed by atoms with Crippen molar-refractivity contribution in [2.24, 2.45) is 0 Å². The molecule has 2 aromatic heterocycles. The fraction of sp³-hybridized carbons (Fsp3) is 0.0741. The molecule has 0 fully saturated rings. The van der Waals surface area contributed by atoms with E-state index >= 15 is 0 Å². The van der Waals surface area contributed by atoms with E-state index in [2.05, 4.69) is 10.3 Å². The van der Waals surface area contributed by atoms with E-state index in [0.717, 1.165) is 16.7 Å². The molecule has 168 valence electrons. The Morgan fingerprint density at radius 1 is 0.912 bits per heavy atom. The maximum absolute atomic E-state index is 13.0. The molecular weight excluding hydrogens is 446 g/mol. The number of hydrogen-bond donors (Lipinski definition) is 2. The van der Waals surface area contributed by atoms with Gasteiger partial charge < -0.3 is 15.0 Å². The Hall–Kier alpha value is -4.23. The van der Waals surface area contributed by atoms with Gasteiger partial charge in [-0.1, -0.05) is 102 Å². The Morgan fingerprint density at radius 2 is 1.47 bits per heavy atom. The highest BCUT2D eigenvalue weighted by atomic mass is 32.1. The van der Waals surface area contributed by atoms with Crippen LogP contribution in [0.2, 0.25) is 0 Å². The Labute approximate surface area is 199 Å². The van der Waals surface area contributed by atoms with E-state index in [1.165, 1.54) is 17.5 Å². The summed E-state index contributed by atoms with van der Waals surface area (Å²) < 4.78 is 1.86. The minimum Gasteiger partial charge on any atom is -0.477 e. The first-order valence-electron chi connectivity index (χ1n) is 10.8. The predicted octanol–water partition coefficient (Wildman–Crippen LogP) is 5.41. The minimum atomic E-state index is -1.27. The molecule has 5 aromatic rings. The molecule has 0 saturated carbocycles. The summed E-state index contributed by atoms with van der Waals surface area (Å²) in [6, 6.07) is 29.2. The number of thiazole rings is 1. The molecule has 0 spiro atoms. The minimum absolute atomic E-state index is 0.150. The quantitative estimate of drug-likeness (QED) is 0.335. The Bertz CT molecular complexity index is 1460. The number of carboxylic acids is 1. The Balaban J connectivity index is 1.69. The lowest BCUT2D eigenvalue weighted by molar-refractivity contribution is 0.0694. The number of aromatic nitrogens is 2. The average molecular weight is 468 g/mol. The molecule has 0 saturated heterocycles. The van der Waals surface area contributed by atoms with Crippen LogP contribution in [0.15, 0.2) is 102 Å². The number of hydrogen-bond acceptors (Lipinski definition) is 5. The van der Waals surface area contributed by atoms with Crippen molar-refractivity contribution in [2.75, 3.05) is 5.32 Å². The summed E-state index contributed by atoms with van der Waals surface area (Å²) in [7, 11) is 0. The van der Waals surface area contributed by atoms with Gasteiger partial charge in [-0.2, -0.15) is 0 Å². The molecule has 7 heteroatoms. The monoisotopic (exact) mass is 467 g/mol. The lowest BCUT2D eigenvalue weighted by Gasteiger charge is -2.23. The second kappa shape index (κ2) is 9.33.